The van der Waals surface area contributed by atoms with E-state index in [1.165, 1.54) is 39.0 Å². The van der Waals surface area contributed by atoms with E-state index in [0.717, 1.165) is 25.7 Å². The number of esters is 3. The highest BCUT2D eigenvalue weighted by Crippen LogP contribution is 2.75. The van der Waals surface area contributed by atoms with Gasteiger partial charge in [-0.15, -0.1) is 0 Å². The van der Waals surface area contributed by atoms with Crippen LogP contribution in [0.4, 0.5) is 0 Å². The van der Waals surface area contributed by atoms with E-state index in [4.69, 9.17) is 14.2 Å². The molecule has 1 spiro atoms. The molecule has 2 bridgehead atoms. The zero-order valence-corrected chi connectivity index (χ0v) is 31.4. The summed E-state index contributed by atoms with van der Waals surface area (Å²) in [5.74, 6) is -4.18. The topological polar surface area (TPSA) is 136 Å². The lowest BCUT2D eigenvalue weighted by Crippen LogP contribution is -2.66. The Morgan fingerprint density at radius 3 is 2.16 bits per heavy atom. The molecule has 2 saturated carbocycles. The largest absolute Gasteiger partial charge is 0.461 e. The molecule has 0 saturated heterocycles. The van der Waals surface area contributed by atoms with Crippen LogP contribution in [0.3, 0.4) is 0 Å². The Morgan fingerprint density at radius 1 is 1.00 bits per heavy atom. The zero-order valence-electron chi connectivity index (χ0n) is 31.4. The summed E-state index contributed by atoms with van der Waals surface area (Å²) in [4.78, 5) is 53.8. The van der Waals surface area contributed by atoms with Gasteiger partial charge in [-0.25, -0.2) is 0 Å². The maximum Gasteiger partial charge on any atom is 0.309 e. The predicted molar refractivity (Wildman–Crippen MR) is 186 cm³/mol. The normalized spacial score (nSPS) is 34.9. The molecule has 276 valence electrons. The number of rotatable bonds is 16. The molecule has 9 nitrogen and oxygen atoms in total. The van der Waals surface area contributed by atoms with Crippen LogP contribution in [-0.2, 0) is 33.4 Å². The van der Waals surface area contributed by atoms with E-state index < -0.39 is 69.9 Å². The minimum Gasteiger partial charge on any atom is -0.461 e. The molecule has 2 fully saturated rings. The highest BCUT2D eigenvalue weighted by atomic mass is 16.6. The molecule has 4 aliphatic rings. The first-order chi connectivity index (χ1) is 22.9. The van der Waals surface area contributed by atoms with Gasteiger partial charge in [0.1, 0.15) is 18.3 Å². The fourth-order valence-electron chi connectivity index (χ4n) is 9.40. The Labute approximate surface area is 293 Å². The van der Waals surface area contributed by atoms with E-state index in [-0.39, 0.29) is 36.3 Å². The summed E-state index contributed by atoms with van der Waals surface area (Å²) in [5, 5.41) is 25.0. The van der Waals surface area contributed by atoms with Gasteiger partial charge in [-0.05, 0) is 42.7 Å². The molecule has 4 rings (SSSR count). The molecule has 0 aromatic carbocycles. The fraction of sp³-hybridized carbons (Fsp3) is 0.800. The number of hydrogen-bond acceptors (Lipinski definition) is 9. The van der Waals surface area contributed by atoms with Crippen LogP contribution in [0.1, 0.15) is 133 Å². The fourth-order valence-corrected chi connectivity index (χ4v) is 9.40. The highest BCUT2D eigenvalue weighted by Gasteiger charge is 2.83. The monoisotopic (exact) mass is 686 g/mol. The summed E-state index contributed by atoms with van der Waals surface area (Å²) in [5.41, 5.74) is -4.90. The first-order valence-corrected chi connectivity index (χ1v) is 18.8. The van der Waals surface area contributed by atoms with Crippen molar-refractivity contribution in [3.05, 3.63) is 23.3 Å². The van der Waals surface area contributed by atoms with Crippen LogP contribution >= 0.6 is 0 Å². The standard InChI is InChI=1S/C40H62O9/c1-10-11-12-13-14-15-16-17-18-19-31(42)49-39-22-26(5)38-21-25(4)35(48-36(45)27(6)24(2)3)40(38,46)33(43)29(23-47-28(7)41)20-30(34(38)44)32(39)37(39,8)9/h20-21,24,26-27,30,32-33,35,43,46H,10-19,22-23H2,1-9H3/t26?,27?,30-,32+,33+,35-,38?,39-,40-/m0/s1. The van der Waals surface area contributed by atoms with Crippen LogP contribution in [0.5, 0.6) is 0 Å². The van der Waals surface area contributed by atoms with Crippen molar-refractivity contribution in [2.24, 2.45) is 40.4 Å². The number of aliphatic hydroxyl groups is 2. The Kier molecular flexibility index (Phi) is 12.0. The number of carbonyl (C=O) groups is 4. The number of ketones is 1. The van der Waals surface area contributed by atoms with E-state index in [1.807, 2.05) is 34.6 Å². The highest BCUT2D eigenvalue weighted by molar-refractivity contribution is 5.96. The van der Waals surface area contributed by atoms with Crippen LogP contribution in [0.15, 0.2) is 23.3 Å². The van der Waals surface area contributed by atoms with E-state index in [1.54, 1.807) is 26.0 Å². The Morgan fingerprint density at radius 2 is 1.59 bits per heavy atom. The van der Waals surface area contributed by atoms with Gasteiger partial charge in [-0.2, -0.15) is 0 Å². The van der Waals surface area contributed by atoms with Gasteiger partial charge in [0.2, 0.25) is 0 Å². The van der Waals surface area contributed by atoms with E-state index in [0.29, 0.717) is 12.0 Å². The predicted octanol–water partition coefficient (Wildman–Crippen LogP) is 6.82. The first-order valence-electron chi connectivity index (χ1n) is 18.8. The quantitative estimate of drug-likeness (QED) is 0.0776. The van der Waals surface area contributed by atoms with Crippen LogP contribution < -0.4 is 0 Å². The summed E-state index contributed by atoms with van der Waals surface area (Å²) < 4.78 is 17.8. The average Bonchev–Trinajstić information content (AvgIpc) is 3.43. The van der Waals surface area contributed by atoms with Crippen LogP contribution in [0, 0.1) is 40.4 Å². The molecule has 49 heavy (non-hydrogen) atoms. The second kappa shape index (κ2) is 15.0. The molecule has 0 radical (unpaired) electrons. The minimum absolute atomic E-state index is 0.0393. The van der Waals surface area contributed by atoms with Gasteiger partial charge in [0, 0.05) is 30.6 Å². The van der Waals surface area contributed by atoms with Crippen LogP contribution in [0.25, 0.3) is 0 Å². The van der Waals surface area contributed by atoms with Crippen molar-refractivity contribution in [2.45, 2.75) is 156 Å². The second-order valence-corrected chi connectivity index (χ2v) is 16.5. The van der Waals surface area contributed by atoms with Crippen LogP contribution in [-0.4, -0.2) is 63.9 Å². The van der Waals surface area contributed by atoms with Crippen molar-refractivity contribution in [3.8, 4) is 0 Å². The minimum atomic E-state index is -2.29. The van der Waals surface area contributed by atoms with Crippen molar-refractivity contribution in [1.82, 2.24) is 0 Å². The Balaban J connectivity index is 1.65. The third kappa shape index (κ3) is 6.80. The number of allylic oxidation sites excluding steroid dienone is 1. The summed E-state index contributed by atoms with van der Waals surface area (Å²) in [6.07, 6.45) is 11.1. The third-order valence-corrected chi connectivity index (χ3v) is 12.7. The summed E-state index contributed by atoms with van der Waals surface area (Å²) in [6.45, 7) is 16.2. The lowest BCUT2D eigenvalue weighted by atomic mass is 9.59. The number of hydrogen-bond donors (Lipinski definition) is 2. The smallest absolute Gasteiger partial charge is 0.309 e. The lowest BCUT2D eigenvalue weighted by molar-refractivity contribution is -0.207. The zero-order chi connectivity index (χ0) is 36.5. The van der Waals surface area contributed by atoms with Crippen molar-refractivity contribution in [2.75, 3.05) is 6.61 Å². The van der Waals surface area contributed by atoms with Gasteiger partial charge >= 0.3 is 17.9 Å². The molecule has 0 aromatic rings. The molecule has 0 heterocycles. The summed E-state index contributed by atoms with van der Waals surface area (Å²) in [6, 6.07) is 0. The second-order valence-electron chi connectivity index (χ2n) is 16.5. The number of Topliss-reactive ketones (excluding diaryl/α,β-unsaturated/α-hetero) is 1. The van der Waals surface area contributed by atoms with Crippen molar-refractivity contribution in [3.63, 3.8) is 0 Å². The third-order valence-electron chi connectivity index (χ3n) is 12.7. The van der Waals surface area contributed by atoms with Gasteiger partial charge in [0.05, 0.1) is 11.3 Å². The lowest BCUT2D eigenvalue weighted by Gasteiger charge is -2.49. The van der Waals surface area contributed by atoms with Crippen LogP contribution in [0.2, 0.25) is 0 Å². The number of ether oxygens (including phenoxy) is 3. The first kappa shape index (κ1) is 39.3. The molecule has 4 aliphatic carbocycles. The molecule has 9 atom stereocenters. The molecule has 0 amide bonds. The maximum absolute atomic E-state index is 15.1. The van der Waals surface area contributed by atoms with Gasteiger partial charge < -0.3 is 24.4 Å². The van der Waals surface area contributed by atoms with E-state index in [2.05, 4.69) is 6.92 Å². The molecule has 0 aromatic heterocycles. The molecular formula is C40H62O9. The molecule has 9 heteroatoms. The van der Waals surface area contributed by atoms with Gasteiger partial charge in [-0.3, -0.25) is 19.2 Å². The van der Waals surface area contributed by atoms with Gasteiger partial charge in [0.15, 0.2) is 17.5 Å². The molecule has 0 aliphatic heterocycles. The molecular weight excluding hydrogens is 624 g/mol. The molecule has 2 N–H and O–H groups in total. The SMILES string of the molecule is CCCCCCCCCCCC(=O)O[C@@]12CC(C)C34C=C(C)[C@H](OC(=O)C(C)C(C)C)[C@@]3(O)[C@H](O)C(COC(C)=O)=C[C@H](C4=O)[C@@H]1C2(C)C. The number of fused-ring (bicyclic) bond motifs is 3. The van der Waals surface area contributed by atoms with Gasteiger partial charge in [-0.1, -0.05) is 112 Å². The number of carbonyl (C=O) groups excluding carboxylic acids is 4. The Hall–Kier alpha value is -2.52. The van der Waals surface area contributed by atoms with Gasteiger partial charge in [0.25, 0.3) is 0 Å². The molecule has 3 unspecified atom stereocenters. The maximum atomic E-state index is 15.1. The van der Waals surface area contributed by atoms with Crippen molar-refractivity contribution >= 4 is 23.7 Å². The van der Waals surface area contributed by atoms with Crippen molar-refractivity contribution in [1.29, 1.82) is 0 Å². The summed E-state index contributed by atoms with van der Waals surface area (Å²) >= 11 is 0. The number of aliphatic hydroxyl groups excluding tert-OH is 1. The van der Waals surface area contributed by atoms with E-state index >= 15 is 4.79 Å². The summed E-state index contributed by atoms with van der Waals surface area (Å²) in [7, 11) is 0. The van der Waals surface area contributed by atoms with Crippen molar-refractivity contribution < 1.29 is 43.6 Å². The Bertz CT molecular complexity index is 1330. The average molecular weight is 687 g/mol. The number of unbranched alkanes of at least 4 members (excludes halogenated alkanes) is 8. The van der Waals surface area contributed by atoms with E-state index in [9.17, 15) is 24.6 Å².